The normalized spacial score (nSPS) is 10.1. The fourth-order valence-corrected chi connectivity index (χ4v) is 1.64. The smallest absolute Gasteiger partial charge is 0.409 e. The summed E-state index contributed by atoms with van der Waals surface area (Å²) >= 11 is 0. The van der Waals surface area contributed by atoms with Crippen LogP contribution in [0.15, 0.2) is 24.3 Å². The van der Waals surface area contributed by atoms with Crippen molar-refractivity contribution in [2.75, 3.05) is 5.32 Å². The van der Waals surface area contributed by atoms with Gasteiger partial charge in [0.15, 0.2) is 5.82 Å². The molecule has 0 atom stereocenters. The van der Waals surface area contributed by atoms with Crippen LogP contribution >= 0.6 is 0 Å². The van der Waals surface area contributed by atoms with E-state index in [9.17, 15) is 4.79 Å². The quantitative estimate of drug-likeness (QED) is 0.845. The topological polar surface area (TPSA) is 88.0 Å². The van der Waals surface area contributed by atoms with E-state index in [0.717, 1.165) is 0 Å². The molecule has 1 heterocycles. The number of carboxylic acid groups (broad SMARTS) is 1. The van der Waals surface area contributed by atoms with Crippen LogP contribution in [-0.2, 0) is 0 Å². The van der Waals surface area contributed by atoms with Crippen molar-refractivity contribution in [2.45, 2.75) is 13.8 Å². The molecule has 18 heavy (non-hydrogen) atoms. The number of nitrogens with zero attached hydrogens (tertiary/aromatic N) is 3. The van der Waals surface area contributed by atoms with Crippen LogP contribution in [0.1, 0.15) is 11.6 Å². The molecule has 0 aliphatic heterocycles. The summed E-state index contributed by atoms with van der Waals surface area (Å²) < 4.78 is 0. The summed E-state index contributed by atoms with van der Waals surface area (Å²) in [6, 6.07) is 6.98. The molecule has 2 N–H and O–H groups in total. The molecule has 0 spiro atoms. The van der Waals surface area contributed by atoms with Gasteiger partial charge in [0, 0.05) is 5.56 Å². The molecule has 92 valence electrons. The maximum Gasteiger partial charge on any atom is 0.409 e. The van der Waals surface area contributed by atoms with Crippen LogP contribution in [0.5, 0.6) is 0 Å². The van der Waals surface area contributed by atoms with Gasteiger partial charge >= 0.3 is 6.09 Å². The van der Waals surface area contributed by atoms with Crippen molar-refractivity contribution in [2.24, 2.45) is 0 Å². The predicted octanol–water partition coefficient (Wildman–Crippen LogP) is 2.25. The molecule has 0 unspecified atom stereocenters. The largest absolute Gasteiger partial charge is 0.465 e. The van der Waals surface area contributed by atoms with Crippen LogP contribution in [0.2, 0.25) is 0 Å². The summed E-state index contributed by atoms with van der Waals surface area (Å²) in [5, 5.41) is 11.1. The molecular weight excluding hydrogens is 232 g/mol. The average Bonchev–Trinajstić information content (AvgIpc) is 2.27. The summed E-state index contributed by atoms with van der Waals surface area (Å²) in [5.41, 5.74) is 1.09. The maximum atomic E-state index is 10.7. The number of aromatic nitrogens is 3. The van der Waals surface area contributed by atoms with Crippen LogP contribution in [0, 0.1) is 13.8 Å². The van der Waals surface area contributed by atoms with Gasteiger partial charge in [-0.25, -0.2) is 19.7 Å². The minimum Gasteiger partial charge on any atom is -0.465 e. The van der Waals surface area contributed by atoms with Gasteiger partial charge in [-0.05, 0) is 26.0 Å². The number of amides is 1. The first-order chi connectivity index (χ1) is 8.56. The molecule has 6 heteroatoms. The van der Waals surface area contributed by atoms with Gasteiger partial charge in [-0.15, -0.1) is 0 Å². The summed E-state index contributed by atoms with van der Waals surface area (Å²) in [5.74, 6) is 1.66. The van der Waals surface area contributed by atoms with Gasteiger partial charge in [-0.1, -0.05) is 12.1 Å². The lowest BCUT2D eigenvalue weighted by Crippen LogP contribution is -2.09. The van der Waals surface area contributed by atoms with Crippen molar-refractivity contribution >= 4 is 11.8 Å². The zero-order valence-electron chi connectivity index (χ0n) is 10.0. The molecule has 0 radical (unpaired) electrons. The zero-order valence-corrected chi connectivity index (χ0v) is 10.0. The lowest BCUT2D eigenvalue weighted by atomic mass is 10.1. The molecule has 1 aromatic carbocycles. The number of aryl methyl sites for hydroxylation is 2. The number of hydrogen-bond donors (Lipinski definition) is 2. The third-order valence-electron chi connectivity index (χ3n) is 2.27. The van der Waals surface area contributed by atoms with Crippen LogP contribution in [0.4, 0.5) is 10.5 Å². The van der Waals surface area contributed by atoms with Crippen molar-refractivity contribution in [1.29, 1.82) is 0 Å². The lowest BCUT2D eigenvalue weighted by molar-refractivity contribution is 0.210. The monoisotopic (exact) mass is 244 g/mol. The average molecular weight is 244 g/mol. The second-order valence-corrected chi connectivity index (χ2v) is 3.73. The third kappa shape index (κ3) is 2.60. The summed E-state index contributed by atoms with van der Waals surface area (Å²) in [6.45, 7) is 3.54. The van der Waals surface area contributed by atoms with E-state index < -0.39 is 6.09 Å². The Kier molecular flexibility index (Phi) is 3.18. The SMILES string of the molecule is Cc1nc(C)nc(-c2ccccc2NC(=O)O)n1. The first-order valence-electron chi connectivity index (χ1n) is 5.35. The lowest BCUT2D eigenvalue weighted by Gasteiger charge is -2.08. The maximum absolute atomic E-state index is 10.7. The standard InChI is InChI=1S/C12H12N4O2/c1-7-13-8(2)15-11(14-7)9-5-3-4-6-10(9)16-12(17)18/h3-6,16H,1-2H3,(H,17,18). The predicted molar refractivity (Wildman–Crippen MR) is 66.4 cm³/mol. The van der Waals surface area contributed by atoms with Crippen LogP contribution in [0.3, 0.4) is 0 Å². The zero-order chi connectivity index (χ0) is 13.1. The molecule has 1 amide bonds. The van der Waals surface area contributed by atoms with Gasteiger partial charge in [-0.2, -0.15) is 0 Å². The van der Waals surface area contributed by atoms with E-state index in [0.29, 0.717) is 28.7 Å². The Labute approximate surface area is 104 Å². The van der Waals surface area contributed by atoms with Gasteiger partial charge in [-0.3, -0.25) is 5.32 Å². The fourth-order valence-electron chi connectivity index (χ4n) is 1.64. The Morgan fingerprint density at radius 2 is 1.72 bits per heavy atom. The van der Waals surface area contributed by atoms with E-state index in [-0.39, 0.29) is 0 Å². The highest BCUT2D eigenvalue weighted by Crippen LogP contribution is 2.24. The van der Waals surface area contributed by atoms with Crippen molar-refractivity contribution in [3.05, 3.63) is 35.9 Å². The van der Waals surface area contributed by atoms with Gasteiger partial charge in [0.1, 0.15) is 11.6 Å². The molecule has 2 rings (SSSR count). The second-order valence-electron chi connectivity index (χ2n) is 3.73. The highest BCUT2D eigenvalue weighted by molar-refractivity contribution is 5.89. The number of rotatable bonds is 2. The number of hydrogen-bond acceptors (Lipinski definition) is 4. The minimum absolute atomic E-state index is 0.454. The Morgan fingerprint density at radius 1 is 1.11 bits per heavy atom. The molecule has 0 aliphatic carbocycles. The summed E-state index contributed by atoms with van der Waals surface area (Å²) in [7, 11) is 0. The number of carbonyl (C=O) groups is 1. The summed E-state index contributed by atoms with van der Waals surface area (Å²) in [6.07, 6.45) is -1.12. The molecule has 1 aromatic heterocycles. The molecule has 0 aliphatic rings. The number of benzene rings is 1. The molecule has 0 saturated heterocycles. The van der Waals surface area contributed by atoms with Crippen LogP contribution in [-0.4, -0.2) is 26.2 Å². The Bertz CT molecular complexity index is 578. The summed E-state index contributed by atoms with van der Waals surface area (Å²) in [4.78, 5) is 23.2. The molecule has 0 bridgehead atoms. The van der Waals surface area contributed by atoms with E-state index >= 15 is 0 Å². The Hall–Kier alpha value is -2.50. The second kappa shape index (κ2) is 4.79. The Balaban J connectivity index is 2.52. The first kappa shape index (κ1) is 12.0. The number of nitrogens with one attached hydrogen (secondary N) is 1. The molecule has 6 nitrogen and oxygen atoms in total. The van der Waals surface area contributed by atoms with Gasteiger partial charge in [0.2, 0.25) is 0 Å². The first-order valence-corrected chi connectivity index (χ1v) is 5.35. The van der Waals surface area contributed by atoms with E-state index in [2.05, 4.69) is 20.3 Å². The van der Waals surface area contributed by atoms with Crippen molar-refractivity contribution in [1.82, 2.24) is 15.0 Å². The van der Waals surface area contributed by atoms with E-state index in [4.69, 9.17) is 5.11 Å². The van der Waals surface area contributed by atoms with Crippen molar-refractivity contribution in [3.8, 4) is 11.4 Å². The third-order valence-corrected chi connectivity index (χ3v) is 2.27. The molecule has 0 saturated carbocycles. The van der Waals surface area contributed by atoms with E-state index in [1.54, 1.807) is 38.1 Å². The van der Waals surface area contributed by atoms with E-state index in [1.165, 1.54) is 0 Å². The van der Waals surface area contributed by atoms with Crippen molar-refractivity contribution < 1.29 is 9.90 Å². The van der Waals surface area contributed by atoms with E-state index in [1.807, 2.05) is 0 Å². The van der Waals surface area contributed by atoms with Crippen LogP contribution in [0.25, 0.3) is 11.4 Å². The van der Waals surface area contributed by atoms with Crippen LogP contribution < -0.4 is 5.32 Å². The van der Waals surface area contributed by atoms with Gasteiger partial charge < -0.3 is 5.11 Å². The highest BCUT2D eigenvalue weighted by atomic mass is 16.4. The van der Waals surface area contributed by atoms with Gasteiger partial charge in [0.25, 0.3) is 0 Å². The molecule has 2 aromatic rings. The van der Waals surface area contributed by atoms with Gasteiger partial charge in [0.05, 0.1) is 5.69 Å². The minimum atomic E-state index is -1.12. The molecular formula is C12H12N4O2. The molecule has 0 fully saturated rings. The Morgan fingerprint density at radius 3 is 2.33 bits per heavy atom. The fraction of sp³-hybridized carbons (Fsp3) is 0.167. The number of para-hydroxylation sites is 1. The number of anilines is 1. The highest BCUT2D eigenvalue weighted by Gasteiger charge is 2.10. The van der Waals surface area contributed by atoms with Crippen molar-refractivity contribution in [3.63, 3.8) is 0 Å².